The molecule has 0 radical (unpaired) electrons. The zero-order valence-electron chi connectivity index (χ0n) is 15.1. The van der Waals surface area contributed by atoms with Gasteiger partial charge in [-0.25, -0.2) is 4.79 Å². The third kappa shape index (κ3) is 4.66. The Labute approximate surface area is 147 Å². The van der Waals surface area contributed by atoms with Crippen molar-refractivity contribution in [2.24, 2.45) is 0 Å². The lowest BCUT2D eigenvalue weighted by atomic mass is 10.1. The minimum atomic E-state index is -0.679. The molecule has 0 aliphatic rings. The predicted molar refractivity (Wildman–Crippen MR) is 98.6 cm³/mol. The van der Waals surface area contributed by atoms with E-state index in [1.807, 2.05) is 13.0 Å². The molecule has 25 heavy (non-hydrogen) atoms. The van der Waals surface area contributed by atoms with Crippen LogP contribution >= 0.6 is 0 Å². The fourth-order valence-corrected chi connectivity index (χ4v) is 2.45. The Morgan fingerprint density at radius 1 is 1.20 bits per heavy atom. The normalized spacial score (nSPS) is 11.4. The molecular formula is C20H24O5. The Morgan fingerprint density at radius 2 is 1.96 bits per heavy atom. The summed E-state index contributed by atoms with van der Waals surface area (Å²) in [5.41, 5.74) is 1.89. The summed E-state index contributed by atoms with van der Waals surface area (Å²) < 4.78 is 16.1. The summed E-state index contributed by atoms with van der Waals surface area (Å²) in [5.74, 6) is 0.154. The van der Waals surface area contributed by atoms with Crippen LogP contribution in [0.1, 0.15) is 33.6 Å². The summed E-state index contributed by atoms with van der Waals surface area (Å²) in [6, 6.07) is 4.80. The molecule has 0 saturated heterocycles. The minimum absolute atomic E-state index is 0.00829. The second kappa shape index (κ2) is 8.42. The Balaban J connectivity index is 2.20. The molecule has 0 aliphatic carbocycles. The van der Waals surface area contributed by atoms with Gasteiger partial charge in [0.05, 0.1) is 12.5 Å². The van der Waals surface area contributed by atoms with Crippen LogP contribution in [0.4, 0.5) is 0 Å². The molecule has 1 N–H and O–H groups in total. The second-order valence-corrected chi connectivity index (χ2v) is 6.09. The SMILES string of the molecule is COc1c(OCC=C(C)CCC=C(C)C)c(=O)oc2c(O)cccc12. The van der Waals surface area contributed by atoms with Crippen molar-refractivity contribution in [1.82, 2.24) is 0 Å². The predicted octanol–water partition coefficient (Wildman–Crippen LogP) is 4.58. The maximum atomic E-state index is 12.2. The average Bonchev–Trinajstić information content (AvgIpc) is 2.56. The smallest absolute Gasteiger partial charge is 0.383 e. The Morgan fingerprint density at radius 3 is 2.64 bits per heavy atom. The molecule has 134 valence electrons. The summed E-state index contributed by atoms with van der Waals surface area (Å²) >= 11 is 0. The first-order chi connectivity index (χ1) is 11.9. The molecule has 2 aromatic rings. The maximum Gasteiger partial charge on any atom is 0.383 e. The fourth-order valence-electron chi connectivity index (χ4n) is 2.45. The lowest BCUT2D eigenvalue weighted by Crippen LogP contribution is -2.09. The van der Waals surface area contributed by atoms with E-state index in [1.54, 1.807) is 12.1 Å². The van der Waals surface area contributed by atoms with E-state index in [0.717, 1.165) is 12.8 Å². The largest absolute Gasteiger partial charge is 0.504 e. The van der Waals surface area contributed by atoms with Crippen molar-refractivity contribution in [2.75, 3.05) is 13.7 Å². The molecule has 5 heteroatoms. The molecule has 0 spiro atoms. The maximum absolute atomic E-state index is 12.2. The average molecular weight is 344 g/mol. The van der Waals surface area contributed by atoms with Crippen LogP contribution in [0.15, 0.2) is 50.7 Å². The van der Waals surface area contributed by atoms with Crippen LogP contribution in [0, 0.1) is 0 Å². The van der Waals surface area contributed by atoms with Gasteiger partial charge in [0.2, 0.25) is 5.75 Å². The van der Waals surface area contributed by atoms with E-state index in [0.29, 0.717) is 5.39 Å². The first-order valence-electron chi connectivity index (χ1n) is 8.18. The summed E-state index contributed by atoms with van der Waals surface area (Å²) in [7, 11) is 1.45. The molecular weight excluding hydrogens is 320 g/mol. The Kier molecular flexibility index (Phi) is 6.28. The van der Waals surface area contributed by atoms with Crippen molar-refractivity contribution in [3.05, 3.63) is 51.9 Å². The molecule has 1 aromatic carbocycles. The van der Waals surface area contributed by atoms with Crippen LogP contribution in [0.25, 0.3) is 11.0 Å². The van der Waals surface area contributed by atoms with Crippen LogP contribution in [0.2, 0.25) is 0 Å². The van der Waals surface area contributed by atoms with Gasteiger partial charge in [0.15, 0.2) is 17.1 Å². The van der Waals surface area contributed by atoms with Gasteiger partial charge >= 0.3 is 5.63 Å². The van der Waals surface area contributed by atoms with Gasteiger partial charge in [-0.05, 0) is 51.8 Å². The van der Waals surface area contributed by atoms with Crippen LogP contribution in [-0.4, -0.2) is 18.8 Å². The standard InChI is InChI=1S/C20H24O5/c1-13(2)7-5-8-14(3)11-12-24-19-18(23-4)15-9-6-10-16(21)17(15)25-20(19)22/h6-7,9-11,21H,5,8,12H2,1-4H3. The van der Waals surface area contributed by atoms with Crippen molar-refractivity contribution in [2.45, 2.75) is 33.6 Å². The van der Waals surface area contributed by atoms with E-state index in [4.69, 9.17) is 13.9 Å². The lowest BCUT2D eigenvalue weighted by Gasteiger charge is -2.11. The van der Waals surface area contributed by atoms with Gasteiger partial charge in [-0.1, -0.05) is 23.3 Å². The zero-order chi connectivity index (χ0) is 18.4. The van der Waals surface area contributed by atoms with Gasteiger partial charge in [-0.15, -0.1) is 0 Å². The highest BCUT2D eigenvalue weighted by Gasteiger charge is 2.18. The van der Waals surface area contributed by atoms with Gasteiger partial charge in [-0.3, -0.25) is 0 Å². The summed E-state index contributed by atoms with van der Waals surface area (Å²) in [6.07, 6.45) is 6.04. The first kappa shape index (κ1) is 18.6. The Hall–Kier alpha value is -2.69. The van der Waals surface area contributed by atoms with Crippen LogP contribution in [0.3, 0.4) is 0 Å². The molecule has 1 aromatic heterocycles. The summed E-state index contributed by atoms with van der Waals surface area (Å²) in [6.45, 7) is 6.42. The number of hydrogen-bond donors (Lipinski definition) is 1. The third-order valence-corrected chi connectivity index (χ3v) is 3.78. The highest BCUT2D eigenvalue weighted by Crippen LogP contribution is 2.35. The fraction of sp³-hybridized carbons (Fsp3) is 0.350. The molecule has 0 atom stereocenters. The molecule has 0 fully saturated rings. The van der Waals surface area contributed by atoms with E-state index in [-0.39, 0.29) is 29.4 Å². The summed E-state index contributed by atoms with van der Waals surface area (Å²) in [4.78, 5) is 12.2. The molecule has 5 nitrogen and oxygen atoms in total. The molecule has 0 amide bonds. The van der Waals surface area contributed by atoms with Crippen molar-refractivity contribution >= 4 is 11.0 Å². The topological polar surface area (TPSA) is 68.9 Å². The molecule has 0 aliphatic heterocycles. The van der Waals surface area contributed by atoms with Gasteiger partial charge in [-0.2, -0.15) is 0 Å². The monoisotopic (exact) mass is 344 g/mol. The number of hydrogen-bond acceptors (Lipinski definition) is 5. The van der Waals surface area contributed by atoms with Crippen molar-refractivity contribution in [3.8, 4) is 17.2 Å². The Bertz CT molecular complexity index is 854. The van der Waals surface area contributed by atoms with E-state index in [1.165, 1.54) is 24.3 Å². The number of rotatable bonds is 7. The number of aromatic hydroxyl groups is 1. The number of allylic oxidation sites excluding steroid dienone is 3. The van der Waals surface area contributed by atoms with E-state index < -0.39 is 5.63 Å². The van der Waals surface area contributed by atoms with Crippen molar-refractivity contribution in [1.29, 1.82) is 0 Å². The van der Waals surface area contributed by atoms with Crippen LogP contribution in [0.5, 0.6) is 17.2 Å². The van der Waals surface area contributed by atoms with Gasteiger partial charge in [0, 0.05) is 0 Å². The number of ether oxygens (including phenoxy) is 2. The second-order valence-electron chi connectivity index (χ2n) is 6.09. The molecule has 0 saturated carbocycles. The number of phenolic OH excluding ortho intramolecular Hbond substituents is 1. The minimum Gasteiger partial charge on any atom is -0.504 e. The van der Waals surface area contributed by atoms with Gasteiger partial charge in [0.1, 0.15) is 6.61 Å². The van der Waals surface area contributed by atoms with Crippen LogP contribution < -0.4 is 15.1 Å². The number of fused-ring (bicyclic) bond motifs is 1. The van der Waals surface area contributed by atoms with E-state index in [2.05, 4.69) is 19.9 Å². The number of benzene rings is 1. The molecule has 1 heterocycles. The van der Waals surface area contributed by atoms with E-state index in [9.17, 15) is 9.90 Å². The molecule has 0 unspecified atom stereocenters. The highest BCUT2D eigenvalue weighted by atomic mass is 16.5. The van der Waals surface area contributed by atoms with Gasteiger partial charge in [0.25, 0.3) is 0 Å². The third-order valence-electron chi connectivity index (χ3n) is 3.78. The number of methoxy groups -OCH3 is 1. The highest BCUT2D eigenvalue weighted by molar-refractivity contribution is 5.89. The number of para-hydroxylation sites is 1. The quantitative estimate of drug-likeness (QED) is 0.588. The van der Waals surface area contributed by atoms with Crippen LogP contribution in [-0.2, 0) is 0 Å². The van der Waals surface area contributed by atoms with Crippen molar-refractivity contribution in [3.63, 3.8) is 0 Å². The number of phenols is 1. The molecule has 0 bridgehead atoms. The van der Waals surface area contributed by atoms with Crippen molar-refractivity contribution < 1.29 is 19.0 Å². The first-order valence-corrected chi connectivity index (χ1v) is 8.18. The molecule has 2 rings (SSSR count). The van der Waals surface area contributed by atoms with E-state index >= 15 is 0 Å². The van der Waals surface area contributed by atoms with Gasteiger partial charge < -0.3 is 19.0 Å². The summed E-state index contributed by atoms with van der Waals surface area (Å²) in [5, 5.41) is 10.3. The zero-order valence-corrected chi connectivity index (χ0v) is 15.1. The lowest BCUT2D eigenvalue weighted by molar-refractivity contribution is 0.308.